The Balaban J connectivity index is 1.49. The zero-order chi connectivity index (χ0) is 17.6. The van der Waals surface area contributed by atoms with Crippen LogP contribution in [0, 0.1) is 0 Å². The molecular formula is C19H24N2O4. The van der Waals surface area contributed by atoms with Crippen LogP contribution in [0.1, 0.15) is 42.7 Å². The van der Waals surface area contributed by atoms with E-state index in [-0.39, 0.29) is 18.4 Å². The molecule has 25 heavy (non-hydrogen) atoms. The summed E-state index contributed by atoms with van der Waals surface area (Å²) in [4.78, 5) is 25.3. The van der Waals surface area contributed by atoms with Crippen molar-refractivity contribution in [3.63, 3.8) is 0 Å². The Morgan fingerprint density at radius 1 is 1.28 bits per heavy atom. The van der Waals surface area contributed by atoms with Gasteiger partial charge in [-0.3, -0.25) is 9.59 Å². The molecule has 2 N–H and O–H groups in total. The zero-order valence-corrected chi connectivity index (χ0v) is 14.2. The third kappa shape index (κ3) is 4.82. The molecule has 1 amide bonds. The van der Waals surface area contributed by atoms with Crippen molar-refractivity contribution in [3.05, 3.63) is 36.1 Å². The van der Waals surface area contributed by atoms with Crippen LogP contribution in [0.4, 0.5) is 0 Å². The van der Waals surface area contributed by atoms with Gasteiger partial charge in [-0.15, -0.1) is 0 Å². The summed E-state index contributed by atoms with van der Waals surface area (Å²) >= 11 is 0. The lowest BCUT2D eigenvalue weighted by molar-refractivity contribution is -0.137. The summed E-state index contributed by atoms with van der Waals surface area (Å²) in [7, 11) is 0. The fraction of sp³-hybridized carbons (Fsp3) is 0.474. The molecule has 1 saturated heterocycles. The molecule has 1 aliphatic heterocycles. The van der Waals surface area contributed by atoms with Crippen LogP contribution < -0.4 is 5.32 Å². The largest absolute Gasteiger partial charge is 0.481 e. The maximum Gasteiger partial charge on any atom is 0.303 e. The zero-order valence-electron chi connectivity index (χ0n) is 14.2. The minimum absolute atomic E-state index is 0.105. The van der Waals surface area contributed by atoms with Gasteiger partial charge in [-0.25, -0.2) is 0 Å². The normalized spacial score (nSPS) is 18.3. The molecule has 134 valence electrons. The molecule has 6 heteroatoms. The van der Waals surface area contributed by atoms with Gasteiger partial charge in [0.2, 0.25) is 0 Å². The van der Waals surface area contributed by atoms with E-state index in [0.29, 0.717) is 12.2 Å². The van der Waals surface area contributed by atoms with E-state index in [1.165, 1.54) is 0 Å². The van der Waals surface area contributed by atoms with Gasteiger partial charge >= 0.3 is 5.97 Å². The molecule has 0 aliphatic carbocycles. The Hall–Kier alpha value is -2.34. The summed E-state index contributed by atoms with van der Waals surface area (Å²) < 4.78 is 5.62. The first-order chi connectivity index (χ1) is 12.1. The summed E-state index contributed by atoms with van der Waals surface area (Å²) in [6.07, 6.45) is 3.78. The van der Waals surface area contributed by atoms with Crippen LogP contribution >= 0.6 is 0 Å². The Morgan fingerprint density at radius 3 is 2.92 bits per heavy atom. The van der Waals surface area contributed by atoms with E-state index in [0.717, 1.165) is 49.9 Å². The molecule has 0 radical (unpaired) electrons. The van der Waals surface area contributed by atoms with Crippen LogP contribution in [0.5, 0.6) is 0 Å². The van der Waals surface area contributed by atoms with Crippen molar-refractivity contribution in [3.8, 4) is 0 Å². The predicted octanol–water partition coefficient (Wildman–Crippen LogP) is 2.88. The van der Waals surface area contributed by atoms with Gasteiger partial charge in [-0.1, -0.05) is 18.2 Å². The number of nitrogens with zero attached hydrogens (tertiary/aromatic N) is 1. The Kier molecular flexibility index (Phi) is 5.71. The van der Waals surface area contributed by atoms with E-state index in [1.54, 1.807) is 6.07 Å². The number of carbonyl (C=O) groups excluding carboxylic acids is 1. The number of benzene rings is 1. The first-order valence-electron chi connectivity index (χ1n) is 8.85. The third-order valence-electron chi connectivity index (χ3n) is 4.61. The quantitative estimate of drug-likeness (QED) is 0.755. The highest BCUT2D eigenvalue weighted by molar-refractivity contribution is 5.96. The van der Waals surface area contributed by atoms with Gasteiger partial charge in [0.25, 0.3) is 5.91 Å². The highest BCUT2D eigenvalue weighted by atomic mass is 16.4. The van der Waals surface area contributed by atoms with E-state index in [1.807, 2.05) is 24.3 Å². The Bertz CT molecular complexity index is 707. The van der Waals surface area contributed by atoms with E-state index in [9.17, 15) is 9.59 Å². The van der Waals surface area contributed by atoms with Gasteiger partial charge in [0.15, 0.2) is 5.76 Å². The van der Waals surface area contributed by atoms with Gasteiger partial charge in [-0.05, 0) is 50.9 Å². The van der Waals surface area contributed by atoms with Crippen molar-refractivity contribution >= 4 is 22.8 Å². The number of hydrogen-bond donors (Lipinski definition) is 2. The molecular weight excluding hydrogens is 320 g/mol. The Labute approximate surface area is 146 Å². The summed E-state index contributed by atoms with van der Waals surface area (Å²) in [5.41, 5.74) is 0.719. The summed E-state index contributed by atoms with van der Waals surface area (Å²) in [5, 5.41) is 12.7. The van der Waals surface area contributed by atoms with Crippen molar-refractivity contribution in [2.24, 2.45) is 0 Å². The smallest absolute Gasteiger partial charge is 0.303 e. The van der Waals surface area contributed by atoms with Crippen LogP contribution in [0.2, 0.25) is 0 Å². The topological polar surface area (TPSA) is 82.8 Å². The maximum absolute atomic E-state index is 12.4. The number of aliphatic carboxylic acids is 1. The number of fused-ring (bicyclic) bond motifs is 1. The van der Waals surface area contributed by atoms with Crippen molar-refractivity contribution in [2.75, 3.05) is 19.6 Å². The number of carbonyl (C=O) groups is 2. The highest BCUT2D eigenvalue weighted by Crippen LogP contribution is 2.19. The molecule has 1 fully saturated rings. The molecule has 1 aromatic carbocycles. The molecule has 0 saturated carbocycles. The molecule has 0 bridgehead atoms. The average Bonchev–Trinajstić information content (AvgIpc) is 3.03. The van der Waals surface area contributed by atoms with Crippen LogP contribution in [0.25, 0.3) is 11.0 Å². The standard InChI is InChI=1S/C19H24N2O4/c22-18(23)9-3-4-10-21-11-5-7-15(13-21)20-19(24)17-12-14-6-1-2-8-16(14)25-17/h1-2,6,8,12,15H,3-5,7,9-11,13H2,(H,20,24)(H,22,23). The molecule has 0 spiro atoms. The minimum atomic E-state index is -0.741. The maximum atomic E-state index is 12.4. The lowest BCUT2D eigenvalue weighted by Crippen LogP contribution is -2.47. The molecule has 3 rings (SSSR count). The van der Waals surface area contributed by atoms with Crippen molar-refractivity contribution in [1.29, 1.82) is 0 Å². The van der Waals surface area contributed by atoms with Gasteiger partial charge in [0, 0.05) is 24.4 Å². The molecule has 6 nitrogen and oxygen atoms in total. The summed E-state index contributed by atoms with van der Waals surface area (Å²) in [6, 6.07) is 9.46. The number of likely N-dealkylation sites (tertiary alicyclic amines) is 1. The number of furan rings is 1. The van der Waals surface area contributed by atoms with Gasteiger partial charge in [-0.2, -0.15) is 0 Å². The molecule has 2 aromatic rings. The van der Waals surface area contributed by atoms with E-state index >= 15 is 0 Å². The van der Waals surface area contributed by atoms with Crippen molar-refractivity contribution < 1.29 is 19.1 Å². The minimum Gasteiger partial charge on any atom is -0.481 e. The second kappa shape index (κ2) is 8.16. The summed E-state index contributed by atoms with van der Waals surface area (Å²) in [6.45, 7) is 2.69. The third-order valence-corrected chi connectivity index (χ3v) is 4.61. The number of para-hydroxylation sites is 1. The average molecular weight is 344 g/mol. The molecule has 1 aliphatic rings. The molecule has 2 heterocycles. The number of piperidine rings is 1. The number of nitrogens with one attached hydrogen (secondary N) is 1. The first kappa shape index (κ1) is 17.5. The lowest BCUT2D eigenvalue weighted by Gasteiger charge is -2.32. The highest BCUT2D eigenvalue weighted by Gasteiger charge is 2.23. The summed E-state index contributed by atoms with van der Waals surface area (Å²) in [5.74, 6) is -0.566. The SMILES string of the molecule is O=C(O)CCCCN1CCCC(NC(=O)c2cc3ccccc3o2)C1. The van der Waals surface area contributed by atoms with Crippen molar-refractivity contribution in [2.45, 2.75) is 38.1 Å². The fourth-order valence-corrected chi connectivity index (χ4v) is 3.34. The fourth-order valence-electron chi connectivity index (χ4n) is 3.34. The van der Waals surface area contributed by atoms with Gasteiger partial charge < -0.3 is 19.7 Å². The number of carboxylic acid groups (broad SMARTS) is 1. The van der Waals surface area contributed by atoms with Crippen LogP contribution in [0.3, 0.4) is 0 Å². The van der Waals surface area contributed by atoms with Crippen LogP contribution in [-0.4, -0.2) is 47.6 Å². The number of rotatable bonds is 7. The monoisotopic (exact) mass is 344 g/mol. The van der Waals surface area contributed by atoms with E-state index < -0.39 is 5.97 Å². The molecule has 1 atom stereocenters. The second-order valence-electron chi connectivity index (χ2n) is 6.61. The van der Waals surface area contributed by atoms with E-state index in [2.05, 4.69) is 10.2 Å². The Morgan fingerprint density at radius 2 is 2.12 bits per heavy atom. The number of unbranched alkanes of at least 4 members (excludes halogenated alkanes) is 1. The van der Waals surface area contributed by atoms with Gasteiger partial charge in [0.1, 0.15) is 5.58 Å². The molecule has 1 aromatic heterocycles. The number of carboxylic acids is 1. The first-order valence-corrected chi connectivity index (χ1v) is 8.85. The number of amides is 1. The van der Waals surface area contributed by atoms with Crippen LogP contribution in [-0.2, 0) is 4.79 Å². The number of hydrogen-bond acceptors (Lipinski definition) is 4. The van der Waals surface area contributed by atoms with Crippen LogP contribution in [0.15, 0.2) is 34.7 Å². The molecule has 1 unspecified atom stereocenters. The van der Waals surface area contributed by atoms with Crippen molar-refractivity contribution in [1.82, 2.24) is 10.2 Å². The second-order valence-corrected chi connectivity index (χ2v) is 6.61. The van der Waals surface area contributed by atoms with E-state index in [4.69, 9.17) is 9.52 Å². The predicted molar refractivity (Wildman–Crippen MR) is 94.6 cm³/mol. The lowest BCUT2D eigenvalue weighted by atomic mass is 10.0. The van der Waals surface area contributed by atoms with Gasteiger partial charge in [0.05, 0.1) is 0 Å².